The maximum atomic E-state index is 8.90. The summed E-state index contributed by atoms with van der Waals surface area (Å²) >= 11 is 0. The Kier molecular flexibility index (Phi) is 5.59. The number of hydrogen-bond donors (Lipinski definition) is 2. The Morgan fingerprint density at radius 3 is 2.19 bits per heavy atom. The zero-order chi connectivity index (χ0) is 18.6. The van der Waals surface area contributed by atoms with Crippen molar-refractivity contribution in [1.82, 2.24) is 10.5 Å². The molecule has 3 atom stereocenters. The summed E-state index contributed by atoms with van der Waals surface area (Å²) in [6.45, 7) is 0. The fourth-order valence-electron chi connectivity index (χ4n) is 3.50. The SMILES string of the molecule is COc1ccc(C2ON2C2CCCCC2)cc1.Oc1ccc(C2NO2)cc1. The van der Waals surface area contributed by atoms with Gasteiger partial charge in [-0.3, -0.25) is 9.68 Å². The van der Waals surface area contributed by atoms with Gasteiger partial charge >= 0.3 is 0 Å². The van der Waals surface area contributed by atoms with E-state index in [1.54, 1.807) is 19.2 Å². The number of nitrogens with one attached hydrogen (secondary N) is 1. The molecule has 6 heteroatoms. The molecular formula is C21H26N2O4. The second-order valence-electron chi connectivity index (χ2n) is 7.09. The predicted molar refractivity (Wildman–Crippen MR) is 101 cm³/mol. The summed E-state index contributed by atoms with van der Waals surface area (Å²) in [6, 6.07) is 15.7. The normalized spacial score (nSPS) is 26.6. The van der Waals surface area contributed by atoms with Gasteiger partial charge in [0.05, 0.1) is 7.11 Å². The van der Waals surface area contributed by atoms with Crippen LogP contribution in [0.3, 0.4) is 0 Å². The van der Waals surface area contributed by atoms with E-state index in [2.05, 4.69) is 22.7 Å². The molecular weight excluding hydrogens is 344 g/mol. The van der Waals surface area contributed by atoms with Crippen LogP contribution in [0.2, 0.25) is 0 Å². The van der Waals surface area contributed by atoms with Gasteiger partial charge in [0.15, 0.2) is 12.5 Å². The number of nitrogens with zero attached hydrogens (tertiary/aromatic N) is 1. The van der Waals surface area contributed by atoms with E-state index in [1.165, 1.54) is 37.7 Å². The lowest BCUT2D eigenvalue weighted by Gasteiger charge is -2.20. The standard InChI is InChI=1S/C14H19NO2.C7H7NO2/c1-16-13-9-7-11(8-10-13)14-15(17-14)12-5-3-2-4-6-12;9-6-3-1-5(2-4-6)7-8-10-7/h7-10,12,14H,2-6H2,1H3;1-4,7-9H. The molecule has 2 aliphatic heterocycles. The Hall–Kier alpha value is -2.12. The Morgan fingerprint density at radius 1 is 0.963 bits per heavy atom. The first-order valence-electron chi connectivity index (χ1n) is 9.54. The number of hydroxylamine groups is 3. The van der Waals surface area contributed by atoms with Crippen LogP contribution in [0, 0.1) is 0 Å². The Morgan fingerprint density at radius 2 is 1.59 bits per heavy atom. The molecule has 2 saturated heterocycles. The number of aromatic hydroxyl groups is 1. The van der Waals surface area contributed by atoms with E-state index < -0.39 is 0 Å². The summed E-state index contributed by atoms with van der Waals surface area (Å²) in [7, 11) is 1.69. The molecule has 2 heterocycles. The van der Waals surface area contributed by atoms with Crippen LogP contribution in [0.4, 0.5) is 0 Å². The Balaban J connectivity index is 0.000000153. The van der Waals surface area contributed by atoms with Crippen LogP contribution in [0.15, 0.2) is 48.5 Å². The average Bonchev–Trinajstić information content (AvgIpc) is 3.64. The van der Waals surface area contributed by atoms with Crippen molar-refractivity contribution in [3.05, 3.63) is 59.7 Å². The van der Waals surface area contributed by atoms with E-state index >= 15 is 0 Å². The van der Waals surface area contributed by atoms with Crippen molar-refractivity contribution in [1.29, 1.82) is 0 Å². The molecule has 0 radical (unpaired) electrons. The van der Waals surface area contributed by atoms with Crippen LogP contribution in [0.5, 0.6) is 11.5 Å². The summed E-state index contributed by atoms with van der Waals surface area (Å²) < 4.78 is 5.16. The van der Waals surface area contributed by atoms with Crippen LogP contribution < -0.4 is 10.2 Å². The van der Waals surface area contributed by atoms with E-state index in [4.69, 9.17) is 19.5 Å². The molecule has 2 aromatic carbocycles. The number of rotatable bonds is 4. The first kappa shape index (κ1) is 18.3. The number of ether oxygens (including phenoxy) is 1. The van der Waals surface area contributed by atoms with Gasteiger partial charge in [0, 0.05) is 6.04 Å². The van der Waals surface area contributed by atoms with E-state index in [1.807, 2.05) is 24.3 Å². The Bertz CT molecular complexity index is 725. The largest absolute Gasteiger partial charge is 0.508 e. The van der Waals surface area contributed by atoms with Gasteiger partial charge in [-0.05, 0) is 48.2 Å². The summed E-state index contributed by atoms with van der Waals surface area (Å²) in [5, 5.41) is 11.1. The van der Waals surface area contributed by atoms with Crippen LogP contribution in [-0.2, 0) is 9.68 Å². The molecule has 0 spiro atoms. The minimum absolute atomic E-state index is 0.0422. The molecule has 27 heavy (non-hydrogen) atoms. The lowest BCUT2D eigenvalue weighted by Crippen LogP contribution is -2.21. The topological polar surface area (TPSA) is 79.5 Å². The maximum Gasteiger partial charge on any atom is 0.180 e. The summed E-state index contributed by atoms with van der Waals surface area (Å²) in [5.41, 5.74) is 4.96. The second kappa shape index (κ2) is 8.27. The van der Waals surface area contributed by atoms with Gasteiger partial charge in [-0.25, -0.2) is 0 Å². The van der Waals surface area contributed by atoms with Crippen molar-refractivity contribution >= 4 is 0 Å². The lowest BCUT2D eigenvalue weighted by atomic mass is 9.95. The zero-order valence-electron chi connectivity index (χ0n) is 15.5. The van der Waals surface area contributed by atoms with Crippen LogP contribution >= 0.6 is 0 Å². The molecule has 1 saturated carbocycles. The highest BCUT2D eigenvalue weighted by Crippen LogP contribution is 2.43. The van der Waals surface area contributed by atoms with Gasteiger partial charge in [0.25, 0.3) is 0 Å². The molecule has 0 amide bonds. The molecule has 1 aliphatic carbocycles. The first-order valence-corrected chi connectivity index (χ1v) is 9.54. The highest BCUT2D eigenvalue weighted by atomic mass is 16.8. The van der Waals surface area contributed by atoms with E-state index in [9.17, 15) is 0 Å². The minimum atomic E-state index is 0.0422. The number of phenolic OH excluding ortho intramolecular Hbond substituents is 1. The van der Waals surface area contributed by atoms with Crippen molar-refractivity contribution in [3.63, 3.8) is 0 Å². The third-order valence-electron chi connectivity index (χ3n) is 5.17. The fourth-order valence-corrected chi connectivity index (χ4v) is 3.50. The molecule has 3 aliphatic rings. The molecule has 0 aromatic heterocycles. The molecule has 0 bridgehead atoms. The smallest absolute Gasteiger partial charge is 0.180 e. The molecule has 144 valence electrons. The van der Waals surface area contributed by atoms with Gasteiger partial charge in [-0.1, -0.05) is 43.5 Å². The van der Waals surface area contributed by atoms with E-state index in [-0.39, 0.29) is 18.2 Å². The van der Waals surface area contributed by atoms with Crippen LogP contribution in [0.1, 0.15) is 55.7 Å². The van der Waals surface area contributed by atoms with E-state index in [0.717, 1.165) is 11.3 Å². The zero-order valence-corrected chi connectivity index (χ0v) is 15.5. The fraction of sp³-hybridized carbons (Fsp3) is 0.429. The summed E-state index contributed by atoms with van der Waals surface area (Å²) in [5.74, 6) is 1.18. The monoisotopic (exact) mass is 370 g/mol. The average molecular weight is 370 g/mol. The third-order valence-corrected chi connectivity index (χ3v) is 5.17. The van der Waals surface area contributed by atoms with Crippen molar-refractivity contribution in [2.75, 3.05) is 7.11 Å². The number of benzene rings is 2. The molecule has 6 nitrogen and oxygen atoms in total. The number of phenols is 1. The van der Waals surface area contributed by atoms with Gasteiger partial charge in [0.1, 0.15) is 11.5 Å². The summed E-state index contributed by atoms with van der Waals surface area (Å²) in [6.07, 6.45) is 6.88. The van der Waals surface area contributed by atoms with Crippen molar-refractivity contribution in [3.8, 4) is 11.5 Å². The van der Waals surface area contributed by atoms with Crippen molar-refractivity contribution in [2.45, 2.75) is 50.6 Å². The van der Waals surface area contributed by atoms with Crippen molar-refractivity contribution in [2.24, 2.45) is 0 Å². The molecule has 3 unspecified atom stereocenters. The quantitative estimate of drug-likeness (QED) is 0.785. The van der Waals surface area contributed by atoms with E-state index in [0.29, 0.717) is 6.04 Å². The number of hydrogen-bond acceptors (Lipinski definition) is 6. The third kappa shape index (κ3) is 4.78. The molecule has 2 aromatic rings. The van der Waals surface area contributed by atoms with Crippen LogP contribution in [-0.4, -0.2) is 23.3 Å². The minimum Gasteiger partial charge on any atom is -0.508 e. The molecule has 5 rings (SSSR count). The Labute approximate surface area is 159 Å². The maximum absolute atomic E-state index is 8.90. The van der Waals surface area contributed by atoms with Gasteiger partial charge in [-0.2, -0.15) is 5.48 Å². The first-order chi connectivity index (χ1) is 13.2. The predicted octanol–water partition coefficient (Wildman–Crippen LogP) is 4.20. The number of methoxy groups -OCH3 is 1. The van der Waals surface area contributed by atoms with Crippen molar-refractivity contribution < 1.29 is 19.5 Å². The van der Waals surface area contributed by atoms with Gasteiger partial charge < -0.3 is 9.84 Å². The highest BCUT2D eigenvalue weighted by molar-refractivity contribution is 5.29. The second-order valence-corrected chi connectivity index (χ2v) is 7.09. The van der Waals surface area contributed by atoms with Gasteiger partial charge in [-0.15, -0.1) is 5.06 Å². The van der Waals surface area contributed by atoms with Crippen LogP contribution in [0.25, 0.3) is 0 Å². The summed E-state index contributed by atoms with van der Waals surface area (Å²) in [4.78, 5) is 10.5. The molecule has 2 N–H and O–H groups in total. The van der Waals surface area contributed by atoms with Gasteiger partial charge in [0.2, 0.25) is 0 Å². The lowest BCUT2D eigenvalue weighted by molar-refractivity contribution is 0.119. The highest BCUT2D eigenvalue weighted by Gasteiger charge is 2.43. The molecule has 3 fully saturated rings.